The molecule has 0 spiro atoms. The van der Waals surface area contributed by atoms with Crippen LogP contribution in [0.15, 0.2) is 33.5 Å². The summed E-state index contributed by atoms with van der Waals surface area (Å²) in [7, 11) is 0. The number of ether oxygens (including phenoxy) is 1. The van der Waals surface area contributed by atoms with Crippen molar-refractivity contribution in [3.8, 4) is 5.75 Å². The monoisotopic (exact) mass is 374 g/mol. The van der Waals surface area contributed by atoms with E-state index in [0.29, 0.717) is 23.3 Å². The van der Waals surface area contributed by atoms with Crippen molar-refractivity contribution in [1.82, 2.24) is 0 Å². The lowest BCUT2D eigenvalue weighted by molar-refractivity contribution is 0.0692. The molecule has 1 aromatic heterocycles. The van der Waals surface area contributed by atoms with Crippen LogP contribution < -0.4 is 10.4 Å². The van der Waals surface area contributed by atoms with E-state index in [1.807, 2.05) is 0 Å². The zero-order valence-corrected chi connectivity index (χ0v) is 16.2. The Hall–Kier alpha value is -2.30. The lowest BCUT2D eigenvalue weighted by Gasteiger charge is -2.07. The zero-order valence-electron chi connectivity index (χ0n) is 16.2. The average molecular weight is 374 g/mol. The Morgan fingerprint density at radius 1 is 0.963 bits per heavy atom. The number of carboxylic acid groups (broad SMARTS) is 1. The number of fused-ring (bicyclic) bond motifs is 1. The van der Waals surface area contributed by atoms with Gasteiger partial charge in [-0.15, -0.1) is 0 Å². The molecule has 0 aliphatic carbocycles. The SMILES string of the molecule is CCCCCCCCCCCCOc1ccc2cc(C(=O)O)c(=O)oc2c1. The molecule has 0 amide bonds. The van der Waals surface area contributed by atoms with E-state index in [1.54, 1.807) is 18.2 Å². The summed E-state index contributed by atoms with van der Waals surface area (Å²) >= 11 is 0. The summed E-state index contributed by atoms with van der Waals surface area (Å²) in [5, 5.41) is 9.53. The summed E-state index contributed by atoms with van der Waals surface area (Å²) < 4.78 is 10.8. The van der Waals surface area contributed by atoms with Gasteiger partial charge in [0.05, 0.1) is 6.61 Å². The maximum atomic E-state index is 11.7. The van der Waals surface area contributed by atoms with E-state index in [4.69, 9.17) is 14.3 Å². The molecule has 5 heteroatoms. The normalized spacial score (nSPS) is 11.0. The molecule has 27 heavy (non-hydrogen) atoms. The molecule has 2 aromatic rings. The van der Waals surface area contributed by atoms with Gasteiger partial charge in [-0.25, -0.2) is 9.59 Å². The molecule has 0 unspecified atom stereocenters. The predicted molar refractivity (Wildman–Crippen MR) is 107 cm³/mol. The maximum absolute atomic E-state index is 11.7. The highest BCUT2D eigenvalue weighted by molar-refractivity contribution is 5.91. The van der Waals surface area contributed by atoms with Crippen molar-refractivity contribution in [3.63, 3.8) is 0 Å². The van der Waals surface area contributed by atoms with Crippen molar-refractivity contribution in [3.05, 3.63) is 40.2 Å². The summed E-state index contributed by atoms with van der Waals surface area (Å²) in [6.45, 7) is 2.87. The minimum Gasteiger partial charge on any atom is -0.493 e. The fourth-order valence-corrected chi connectivity index (χ4v) is 3.11. The van der Waals surface area contributed by atoms with Gasteiger partial charge in [-0.2, -0.15) is 0 Å². The third kappa shape index (κ3) is 7.08. The number of unbranched alkanes of at least 4 members (excludes halogenated alkanes) is 9. The van der Waals surface area contributed by atoms with Crippen LogP contribution in [0.25, 0.3) is 11.0 Å². The zero-order chi connectivity index (χ0) is 19.5. The second kappa shape index (κ2) is 11.4. The first-order chi connectivity index (χ1) is 13.1. The quantitative estimate of drug-likeness (QED) is 0.355. The van der Waals surface area contributed by atoms with Gasteiger partial charge in [-0.3, -0.25) is 0 Å². The molecule has 0 fully saturated rings. The number of hydrogen-bond acceptors (Lipinski definition) is 4. The molecule has 1 aromatic carbocycles. The molecule has 0 radical (unpaired) electrons. The van der Waals surface area contributed by atoms with Crippen molar-refractivity contribution in [1.29, 1.82) is 0 Å². The van der Waals surface area contributed by atoms with Gasteiger partial charge in [0.25, 0.3) is 0 Å². The van der Waals surface area contributed by atoms with Crippen LogP contribution in [0.3, 0.4) is 0 Å². The average Bonchev–Trinajstić information content (AvgIpc) is 2.65. The third-order valence-corrected chi connectivity index (χ3v) is 4.70. The van der Waals surface area contributed by atoms with Crippen molar-refractivity contribution in [2.45, 2.75) is 71.1 Å². The van der Waals surface area contributed by atoms with E-state index in [9.17, 15) is 9.59 Å². The fourth-order valence-electron chi connectivity index (χ4n) is 3.11. The van der Waals surface area contributed by atoms with Crippen molar-refractivity contribution >= 4 is 16.9 Å². The fraction of sp³-hybridized carbons (Fsp3) is 0.545. The summed E-state index contributed by atoms with van der Waals surface area (Å²) in [4.78, 5) is 22.6. The summed E-state index contributed by atoms with van der Waals surface area (Å²) in [5.41, 5.74) is -0.867. The summed E-state index contributed by atoms with van der Waals surface area (Å²) in [6.07, 6.45) is 12.7. The van der Waals surface area contributed by atoms with Crippen LogP contribution >= 0.6 is 0 Å². The Morgan fingerprint density at radius 3 is 2.22 bits per heavy atom. The minimum absolute atomic E-state index is 0.338. The van der Waals surface area contributed by atoms with Gasteiger partial charge in [0.15, 0.2) is 0 Å². The Balaban J connectivity index is 1.68. The molecule has 1 N–H and O–H groups in total. The Morgan fingerprint density at radius 2 is 1.59 bits per heavy atom. The third-order valence-electron chi connectivity index (χ3n) is 4.70. The van der Waals surface area contributed by atoms with E-state index < -0.39 is 11.6 Å². The van der Waals surface area contributed by atoms with Crippen molar-refractivity contribution < 1.29 is 19.1 Å². The molecule has 0 aliphatic rings. The number of rotatable bonds is 13. The highest BCUT2D eigenvalue weighted by atomic mass is 16.5. The van der Waals surface area contributed by atoms with Gasteiger partial charge >= 0.3 is 11.6 Å². The molecule has 0 saturated heterocycles. The minimum atomic E-state index is -1.29. The van der Waals surface area contributed by atoms with Crippen LogP contribution in [0.2, 0.25) is 0 Å². The standard InChI is InChI=1S/C22H30O5/c1-2-3-4-5-6-7-8-9-10-11-14-26-18-13-12-17-15-19(21(23)24)22(25)27-20(17)16-18/h12-13,15-16H,2-11,14H2,1H3,(H,23,24). The molecule has 0 atom stereocenters. The number of aromatic carboxylic acids is 1. The van der Waals surface area contributed by atoms with E-state index in [1.165, 1.54) is 57.4 Å². The molecule has 5 nitrogen and oxygen atoms in total. The van der Waals surface area contributed by atoms with Crippen LogP contribution in [-0.4, -0.2) is 17.7 Å². The Labute approximate surface area is 160 Å². The van der Waals surface area contributed by atoms with Crippen molar-refractivity contribution in [2.24, 2.45) is 0 Å². The molecule has 1 heterocycles. The largest absolute Gasteiger partial charge is 0.493 e. The predicted octanol–water partition coefficient (Wildman–Crippen LogP) is 5.79. The Bertz CT molecular complexity index is 778. The molecule has 0 bridgehead atoms. The number of hydrogen-bond donors (Lipinski definition) is 1. The number of benzene rings is 1. The second-order valence-corrected chi connectivity index (χ2v) is 6.98. The lowest BCUT2D eigenvalue weighted by Crippen LogP contribution is -2.12. The van der Waals surface area contributed by atoms with E-state index in [-0.39, 0.29) is 5.56 Å². The van der Waals surface area contributed by atoms with Crippen LogP contribution in [-0.2, 0) is 0 Å². The van der Waals surface area contributed by atoms with E-state index in [2.05, 4.69) is 6.92 Å². The van der Waals surface area contributed by atoms with Crippen LogP contribution in [0.1, 0.15) is 81.5 Å². The van der Waals surface area contributed by atoms with Gasteiger partial charge in [-0.1, -0.05) is 64.7 Å². The van der Waals surface area contributed by atoms with E-state index >= 15 is 0 Å². The molecule has 2 rings (SSSR count). The lowest BCUT2D eigenvalue weighted by atomic mass is 10.1. The number of carboxylic acids is 1. The molecule has 0 aliphatic heterocycles. The van der Waals surface area contributed by atoms with Gasteiger partial charge < -0.3 is 14.3 Å². The second-order valence-electron chi connectivity index (χ2n) is 6.98. The molecule has 148 valence electrons. The topological polar surface area (TPSA) is 76.7 Å². The maximum Gasteiger partial charge on any atom is 0.351 e. The van der Waals surface area contributed by atoms with Gasteiger partial charge in [0, 0.05) is 11.5 Å². The smallest absolute Gasteiger partial charge is 0.351 e. The van der Waals surface area contributed by atoms with Crippen LogP contribution in [0.5, 0.6) is 5.75 Å². The van der Waals surface area contributed by atoms with Gasteiger partial charge in [0.2, 0.25) is 0 Å². The molecule has 0 saturated carbocycles. The Kier molecular flexibility index (Phi) is 8.89. The summed E-state index contributed by atoms with van der Waals surface area (Å²) in [6, 6.07) is 6.44. The molecular formula is C22H30O5. The first kappa shape index (κ1) is 21.0. The van der Waals surface area contributed by atoms with E-state index in [0.717, 1.165) is 12.8 Å². The highest BCUT2D eigenvalue weighted by Crippen LogP contribution is 2.21. The van der Waals surface area contributed by atoms with Gasteiger partial charge in [0.1, 0.15) is 16.9 Å². The van der Waals surface area contributed by atoms with Gasteiger partial charge in [-0.05, 0) is 24.6 Å². The van der Waals surface area contributed by atoms with Crippen molar-refractivity contribution in [2.75, 3.05) is 6.61 Å². The number of carbonyl (C=O) groups is 1. The first-order valence-corrected chi connectivity index (χ1v) is 10.1. The highest BCUT2D eigenvalue weighted by Gasteiger charge is 2.12. The van der Waals surface area contributed by atoms with Crippen LogP contribution in [0.4, 0.5) is 0 Å². The molecular weight excluding hydrogens is 344 g/mol. The first-order valence-electron chi connectivity index (χ1n) is 10.1. The summed E-state index contributed by atoms with van der Waals surface area (Å²) in [5.74, 6) is -0.656. The van der Waals surface area contributed by atoms with Crippen LogP contribution in [0, 0.1) is 0 Å².